The van der Waals surface area contributed by atoms with Crippen LogP contribution in [0, 0.1) is 0 Å². The maximum Gasteiger partial charge on any atom is 0.141 e. The molecule has 0 aliphatic rings. The summed E-state index contributed by atoms with van der Waals surface area (Å²) < 4.78 is 3.62. The van der Waals surface area contributed by atoms with E-state index in [1.54, 1.807) is 17.2 Å². The van der Waals surface area contributed by atoms with Gasteiger partial charge in [0.1, 0.15) is 12.0 Å². The predicted octanol–water partition coefficient (Wildman–Crippen LogP) is 2.67. The van der Waals surface area contributed by atoms with Gasteiger partial charge in [-0.25, -0.2) is 14.5 Å². The number of aromatic amines is 1. The monoisotopic (exact) mass is 315 g/mol. The van der Waals surface area contributed by atoms with Crippen molar-refractivity contribution >= 4 is 16.6 Å². The minimum Gasteiger partial charge on any atom is -0.345 e. The van der Waals surface area contributed by atoms with Gasteiger partial charge >= 0.3 is 0 Å². The van der Waals surface area contributed by atoms with Crippen LogP contribution in [0.25, 0.3) is 38.9 Å². The Morgan fingerprint density at radius 2 is 2.04 bits per heavy atom. The molecule has 0 aliphatic heterocycles. The Bertz CT molecular complexity index is 1180. The van der Waals surface area contributed by atoms with Gasteiger partial charge in [-0.1, -0.05) is 0 Å². The Morgan fingerprint density at radius 3 is 2.92 bits per heavy atom. The minimum absolute atomic E-state index is 0.812. The Kier molecular flexibility index (Phi) is 2.58. The number of nitrogens with one attached hydrogen (secondary N) is 1. The molecule has 0 fully saturated rings. The van der Waals surface area contributed by atoms with Gasteiger partial charge in [0, 0.05) is 43.0 Å². The third-order valence-corrected chi connectivity index (χ3v) is 4.16. The smallest absolute Gasteiger partial charge is 0.141 e. The van der Waals surface area contributed by atoms with Gasteiger partial charge in [0.2, 0.25) is 0 Å². The van der Waals surface area contributed by atoms with Crippen molar-refractivity contribution in [3.8, 4) is 22.4 Å². The molecule has 5 aromatic heterocycles. The van der Waals surface area contributed by atoms with E-state index in [1.165, 1.54) is 0 Å². The molecular weight excluding hydrogens is 302 g/mol. The normalized spacial score (nSPS) is 11.5. The van der Waals surface area contributed by atoms with Gasteiger partial charge in [0.05, 0.1) is 22.8 Å². The summed E-state index contributed by atoms with van der Waals surface area (Å²) >= 11 is 0. The molecule has 0 unspecified atom stereocenters. The van der Waals surface area contributed by atoms with Crippen molar-refractivity contribution in [1.82, 2.24) is 34.3 Å². The van der Waals surface area contributed by atoms with Crippen LogP contribution in [0.2, 0.25) is 0 Å². The van der Waals surface area contributed by atoms with Crippen LogP contribution in [0.1, 0.15) is 0 Å². The first-order valence-electron chi connectivity index (χ1n) is 7.54. The number of pyridine rings is 1. The number of aromatic nitrogens is 7. The Hall–Kier alpha value is -3.48. The average molecular weight is 315 g/mol. The van der Waals surface area contributed by atoms with E-state index >= 15 is 0 Å². The number of hydrogen-bond donors (Lipinski definition) is 1. The number of hydrogen-bond acceptors (Lipinski definition) is 4. The Balaban J connectivity index is 1.79. The summed E-state index contributed by atoms with van der Waals surface area (Å²) in [5.41, 5.74) is 5.85. The number of nitrogens with zero attached hydrogens (tertiary/aromatic N) is 6. The lowest BCUT2D eigenvalue weighted by atomic mass is 10.0. The van der Waals surface area contributed by atoms with Gasteiger partial charge in [-0.15, -0.1) is 0 Å². The SMILES string of the molecule is Cn1cc(-c2ncnc3[nH]cc(-c4ccn5nccc5c4)c23)cn1. The molecule has 1 N–H and O–H groups in total. The maximum atomic E-state index is 4.50. The summed E-state index contributed by atoms with van der Waals surface area (Å²) in [5, 5.41) is 9.49. The van der Waals surface area contributed by atoms with E-state index in [9.17, 15) is 0 Å². The zero-order chi connectivity index (χ0) is 16.1. The third-order valence-electron chi connectivity index (χ3n) is 4.16. The molecule has 0 radical (unpaired) electrons. The molecule has 0 aromatic carbocycles. The van der Waals surface area contributed by atoms with Crippen LogP contribution < -0.4 is 0 Å². The molecule has 0 saturated heterocycles. The van der Waals surface area contributed by atoms with Gasteiger partial charge in [-0.3, -0.25) is 4.68 Å². The average Bonchev–Trinajstić information content (AvgIpc) is 3.32. The molecule has 0 amide bonds. The van der Waals surface area contributed by atoms with E-state index in [2.05, 4.69) is 31.2 Å². The third kappa shape index (κ3) is 1.84. The van der Waals surface area contributed by atoms with Crippen molar-refractivity contribution in [3.63, 3.8) is 0 Å². The number of rotatable bonds is 2. The van der Waals surface area contributed by atoms with E-state index < -0.39 is 0 Å². The van der Waals surface area contributed by atoms with Gasteiger partial charge in [0.15, 0.2) is 0 Å². The molecular formula is C17H13N7. The first kappa shape index (κ1) is 13.0. The van der Waals surface area contributed by atoms with Gasteiger partial charge in [-0.2, -0.15) is 10.2 Å². The maximum absolute atomic E-state index is 4.50. The van der Waals surface area contributed by atoms with Crippen molar-refractivity contribution < 1.29 is 0 Å². The Morgan fingerprint density at radius 1 is 1.08 bits per heavy atom. The topological polar surface area (TPSA) is 76.7 Å². The second kappa shape index (κ2) is 4.76. The van der Waals surface area contributed by atoms with Crippen molar-refractivity contribution in [2.24, 2.45) is 7.05 Å². The van der Waals surface area contributed by atoms with Crippen LogP contribution in [-0.2, 0) is 7.05 Å². The zero-order valence-corrected chi connectivity index (χ0v) is 12.9. The van der Waals surface area contributed by atoms with E-state index in [0.717, 1.165) is 38.9 Å². The molecule has 7 nitrogen and oxygen atoms in total. The molecule has 5 heterocycles. The summed E-state index contributed by atoms with van der Waals surface area (Å²) in [6, 6.07) is 6.13. The second-order valence-corrected chi connectivity index (χ2v) is 5.67. The van der Waals surface area contributed by atoms with Crippen molar-refractivity contribution in [2.45, 2.75) is 0 Å². The van der Waals surface area contributed by atoms with Crippen LogP contribution in [0.5, 0.6) is 0 Å². The molecule has 116 valence electrons. The van der Waals surface area contributed by atoms with E-state index in [4.69, 9.17) is 0 Å². The fourth-order valence-corrected chi connectivity index (χ4v) is 3.04. The predicted molar refractivity (Wildman–Crippen MR) is 90.3 cm³/mol. The van der Waals surface area contributed by atoms with Crippen LogP contribution in [-0.4, -0.2) is 34.3 Å². The first-order chi connectivity index (χ1) is 11.8. The largest absolute Gasteiger partial charge is 0.345 e. The fraction of sp³-hybridized carbons (Fsp3) is 0.0588. The molecule has 7 heteroatoms. The molecule has 5 rings (SSSR count). The van der Waals surface area contributed by atoms with Gasteiger partial charge in [-0.05, 0) is 23.8 Å². The highest BCUT2D eigenvalue weighted by Gasteiger charge is 2.15. The second-order valence-electron chi connectivity index (χ2n) is 5.67. The van der Waals surface area contributed by atoms with Crippen LogP contribution in [0.4, 0.5) is 0 Å². The lowest BCUT2D eigenvalue weighted by Crippen LogP contribution is -1.89. The summed E-state index contributed by atoms with van der Waals surface area (Å²) in [7, 11) is 1.90. The summed E-state index contributed by atoms with van der Waals surface area (Å²) in [4.78, 5) is 12.1. The molecule has 5 aromatic rings. The molecule has 0 spiro atoms. The van der Waals surface area contributed by atoms with Crippen LogP contribution in [0.15, 0.2) is 55.5 Å². The minimum atomic E-state index is 0.812. The highest BCUT2D eigenvalue weighted by atomic mass is 15.2. The number of aryl methyl sites for hydroxylation is 1. The lowest BCUT2D eigenvalue weighted by Gasteiger charge is -2.04. The van der Waals surface area contributed by atoms with E-state index in [0.29, 0.717) is 0 Å². The molecule has 24 heavy (non-hydrogen) atoms. The molecule has 0 aliphatic carbocycles. The Labute approximate surface area is 136 Å². The molecule has 0 atom stereocenters. The quantitative estimate of drug-likeness (QED) is 0.543. The summed E-state index contributed by atoms with van der Waals surface area (Å²) in [5.74, 6) is 0. The number of H-pyrrole nitrogens is 1. The van der Waals surface area contributed by atoms with E-state index in [-0.39, 0.29) is 0 Å². The fourth-order valence-electron chi connectivity index (χ4n) is 3.04. The summed E-state index contributed by atoms with van der Waals surface area (Å²) in [6.45, 7) is 0. The standard InChI is InChI=1S/C17H13N7/c1-23-9-12(7-22-23)16-15-14(8-18-17(15)20-10-19-16)11-3-5-24-13(6-11)2-4-21-24/h2-10H,1H3,(H,18,19,20). The van der Waals surface area contributed by atoms with Gasteiger partial charge < -0.3 is 4.98 Å². The summed E-state index contributed by atoms with van der Waals surface area (Å²) in [6.07, 6.45) is 11.1. The lowest BCUT2D eigenvalue weighted by molar-refractivity contribution is 0.768. The highest BCUT2D eigenvalue weighted by molar-refractivity contribution is 6.02. The van der Waals surface area contributed by atoms with Crippen molar-refractivity contribution in [2.75, 3.05) is 0 Å². The highest BCUT2D eigenvalue weighted by Crippen LogP contribution is 2.34. The van der Waals surface area contributed by atoms with Gasteiger partial charge in [0.25, 0.3) is 0 Å². The first-order valence-corrected chi connectivity index (χ1v) is 7.54. The van der Waals surface area contributed by atoms with Crippen molar-refractivity contribution in [3.05, 3.63) is 55.5 Å². The van der Waals surface area contributed by atoms with Crippen molar-refractivity contribution in [1.29, 1.82) is 0 Å². The van der Waals surface area contributed by atoms with Crippen LogP contribution >= 0.6 is 0 Å². The molecule has 0 saturated carbocycles. The van der Waals surface area contributed by atoms with E-state index in [1.807, 2.05) is 48.5 Å². The number of fused-ring (bicyclic) bond motifs is 2. The zero-order valence-electron chi connectivity index (χ0n) is 12.9. The van der Waals surface area contributed by atoms with Crippen LogP contribution in [0.3, 0.4) is 0 Å². The molecule has 0 bridgehead atoms.